The van der Waals surface area contributed by atoms with Crippen molar-refractivity contribution in [3.8, 4) is 6.07 Å². The molecule has 2 heterocycles. The first-order valence-corrected chi connectivity index (χ1v) is 31.8. The van der Waals surface area contributed by atoms with Gasteiger partial charge in [0.1, 0.15) is 11.6 Å². The molecule has 0 unspecified atom stereocenters. The Bertz CT molecular complexity index is 2230. The van der Waals surface area contributed by atoms with Crippen molar-refractivity contribution in [2.45, 2.75) is 192 Å². The Morgan fingerprint density at radius 2 is 1.11 bits per heavy atom. The first kappa shape index (κ1) is 70.7. The Labute approximate surface area is 502 Å². The largest absolute Gasteiger partial charge is 0.385 e. The number of methoxy groups -OCH3 is 2. The standard InChI is InChI=1S/C32H52ClFN4O3.C28H45ClFN3O3.C4H7N/c1-23(2)30(39)37-32(17-8-9-19-41-4,27-15-10-16-28(33)29(27)34)25-14-11-18-38(22-25)31(40)36-26(21-35-3)20-24-12-6-5-7-13-24;1-31-19-23(18-21-10-4-3-5-11-21)32-27(34)33-16-9-12-22(20-33)28(35,15-6-7-17-36-2)24-13-8-14-25(29)26(24)30;1-4(2)3-5/h10,15-16,23-26,35H,5-9,11-14,17-22H2,1-4H3,(H,36,40)(H,37,39);8,13-14,21-23,31,35H,3-7,9-12,15-20H2,1-2H3,(H,32,34);4H,1-2H3/t25-,26+,32+;22-,23+,28+;/m11./s1. The third-order valence-corrected chi connectivity index (χ3v) is 17.9. The van der Waals surface area contributed by atoms with Crippen molar-refractivity contribution in [2.75, 3.05) is 80.8 Å². The van der Waals surface area contributed by atoms with E-state index in [2.05, 4.69) is 26.6 Å². The lowest BCUT2D eigenvalue weighted by atomic mass is 9.70. The molecule has 2 aromatic carbocycles. The Kier molecular flexibility index (Phi) is 32.4. The van der Waals surface area contributed by atoms with Gasteiger partial charge in [0, 0.05) is 114 Å². The summed E-state index contributed by atoms with van der Waals surface area (Å²) >= 11 is 12.4. The maximum absolute atomic E-state index is 15.8. The second-order valence-corrected chi connectivity index (χ2v) is 25.2. The molecule has 6 rings (SSSR count). The van der Waals surface area contributed by atoms with Gasteiger partial charge in [-0.15, -0.1) is 0 Å². The maximum atomic E-state index is 15.8. The summed E-state index contributed by atoms with van der Waals surface area (Å²) in [6, 6.07) is 11.8. The van der Waals surface area contributed by atoms with Crippen LogP contribution in [0.15, 0.2) is 36.4 Å². The Balaban J connectivity index is 0.000000328. The average molecular weight is 1190 g/mol. The molecular weight excluding hydrogens is 1090 g/mol. The molecule has 4 fully saturated rings. The SMILES string of the molecule is CC(C)C#N.CNC[C@H](CC1CCCCC1)NC(=O)N1CCC[C@@H]([C@@](O)(CCCCOC)c2cccc(Cl)c2F)C1.CNC[C@H](CC1CCCCC1)NC(=O)N1CCC[C@@H]([C@](CCCCOC)(NC(=O)C(C)C)c2cccc(Cl)c2F)C1. The fourth-order valence-corrected chi connectivity index (χ4v) is 13.2. The molecule has 2 aromatic rings. The van der Waals surface area contributed by atoms with Crippen LogP contribution >= 0.6 is 23.2 Å². The third kappa shape index (κ3) is 22.2. The summed E-state index contributed by atoms with van der Waals surface area (Å²) in [5, 5.41) is 36.3. The highest BCUT2D eigenvalue weighted by Crippen LogP contribution is 2.44. The number of nitrogens with one attached hydrogen (secondary N) is 5. The fourth-order valence-electron chi connectivity index (χ4n) is 12.9. The number of carbonyl (C=O) groups is 3. The number of ether oxygens (including phenoxy) is 2. The number of unbranched alkanes of at least 4 members (excludes halogenated alkanes) is 2. The summed E-state index contributed by atoms with van der Waals surface area (Å²) in [6.45, 7) is 12.1. The monoisotopic (exact) mass is 1190 g/mol. The van der Waals surface area contributed by atoms with Gasteiger partial charge in [-0.1, -0.05) is 126 Å². The molecule has 18 heteroatoms. The van der Waals surface area contributed by atoms with Crippen LogP contribution in [0.3, 0.4) is 0 Å². The van der Waals surface area contributed by atoms with Gasteiger partial charge < -0.3 is 51.0 Å². The van der Waals surface area contributed by atoms with Crippen molar-refractivity contribution >= 4 is 41.2 Å². The van der Waals surface area contributed by atoms with Crippen LogP contribution in [0.2, 0.25) is 10.0 Å². The van der Waals surface area contributed by atoms with E-state index in [4.69, 9.17) is 37.9 Å². The predicted molar refractivity (Wildman–Crippen MR) is 327 cm³/mol. The highest BCUT2D eigenvalue weighted by atomic mass is 35.5. The van der Waals surface area contributed by atoms with Gasteiger partial charge in [-0.2, -0.15) is 5.26 Å². The molecule has 2 aliphatic heterocycles. The molecule has 2 saturated heterocycles. The number of halogens is 4. The predicted octanol–water partition coefficient (Wildman–Crippen LogP) is 12.9. The molecule has 6 N–H and O–H groups in total. The Morgan fingerprint density at radius 3 is 1.56 bits per heavy atom. The highest BCUT2D eigenvalue weighted by molar-refractivity contribution is 6.31. The van der Waals surface area contributed by atoms with Crippen molar-refractivity contribution < 1.29 is 37.7 Å². The number of amides is 5. The van der Waals surface area contributed by atoms with E-state index in [0.717, 1.165) is 70.9 Å². The minimum Gasteiger partial charge on any atom is -0.385 e. The normalized spacial score (nSPS) is 20.2. The number of nitrogens with zero attached hydrogens (tertiary/aromatic N) is 3. The number of hydrogen-bond donors (Lipinski definition) is 6. The van der Waals surface area contributed by atoms with Crippen molar-refractivity contribution in [1.82, 2.24) is 36.4 Å². The highest BCUT2D eigenvalue weighted by Gasteiger charge is 2.47. The molecule has 6 atom stereocenters. The second kappa shape index (κ2) is 37.6. The number of piperidine rings is 2. The summed E-state index contributed by atoms with van der Waals surface area (Å²) in [5.41, 5.74) is -1.79. The van der Waals surface area contributed by atoms with E-state index in [0.29, 0.717) is 76.1 Å². The van der Waals surface area contributed by atoms with Crippen LogP contribution in [-0.2, 0) is 25.4 Å². The van der Waals surface area contributed by atoms with Crippen LogP contribution in [-0.4, -0.2) is 126 Å². The molecule has 5 amide bonds. The van der Waals surface area contributed by atoms with Gasteiger partial charge in [0.05, 0.1) is 27.3 Å². The maximum Gasteiger partial charge on any atom is 0.317 e. The van der Waals surface area contributed by atoms with Crippen LogP contribution in [0, 0.1) is 58.5 Å². The number of benzene rings is 2. The second-order valence-electron chi connectivity index (χ2n) is 24.4. The number of likely N-dealkylation sites (tertiary alicyclic amines) is 2. The zero-order chi connectivity index (χ0) is 60.1. The van der Waals surface area contributed by atoms with E-state index in [1.54, 1.807) is 43.4 Å². The first-order valence-electron chi connectivity index (χ1n) is 31.1. The zero-order valence-corrected chi connectivity index (χ0v) is 52.6. The van der Waals surface area contributed by atoms with Crippen LogP contribution in [0.1, 0.15) is 180 Å². The van der Waals surface area contributed by atoms with E-state index in [9.17, 15) is 19.5 Å². The van der Waals surface area contributed by atoms with E-state index in [-0.39, 0.29) is 69.3 Å². The molecule has 0 bridgehead atoms. The van der Waals surface area contributed by atoms with Crippen molar-refractivity contribution in [2.24, 2.45) is 35.5 Å². The van der Waals surface area contributed by atoms with Crippen molar-refractivity contribution in [1.29, 1.82) is 5.26 Å². The molecule has 14 nitrogen and oxygen atoms in total. The van der Waals surface area contributed by atoms with E-state index >= 15 is 8.78 Å². The first-order chi connectivity index (χ1) is 39.4. The van der Waals surface area contributed by atoms with Gasteiger partial charge in [-0.25, -0.2) is 18.4 Å². The minimum absolute atomic E-state index is 0.00541. The smallest absolute Gasteiger partial charge is 0.317 e. The molecule has 0 radical (unpaired) electrons. The molecule has 4 aliphatic rings. The summed E-state index contributed by atoms with van der Waals surface area (Å²) < 4.78 is 41.4. The third-order valence-electron chi connectivity index (χ3n) is 17.3. The molecule has 0 aromatic heterocycles. The Hall–Kier alpha value is -3.82. The summed E-state index contributed by atoms with van der Waals surface area (Å²) in [6.07, 6.45) is 21.5. The van der Waals surface area contributed by atoms with Gasteiger partial charge in [0.25, 0.3) is 0 Å². The molecule has 0 spiro atoms. The quantitative estimate of drug-likeness (QED) is 0.0500. The molecular formula is C64H104Cl2F2N8O6. The summed E-state index contributed by atoms with van der Waals surface area (Å²) in [4.78, 5) is 44.0. The number of hydrogen-bond acceptors (Lipinski definition) is 9. The summed E-state index contributed by atoms with van der Waals surface area (Å²) in [7, 11) is 7.15. The number of aliphatic hydroxyl groups is 1. The topological polar surface area (TPSA) is 180 Å². The number of urea groups is 2. The number of rotatable bonds is 26. The molecule has 464 valence electrons. The van der Waals surface area contributed by atoms with Gasteiger partial charge in [-0.05, 0) is 129 Å². The van der Waals surface area contributed by atoms with Crippen LogP contribution < -0.4 is 26.6 Å². The average Bonchev–Trinajstić information content (AvgIpc) is 3.12. The molecule has 2 saturated carbocycles. The zero-order valence-electron chi connectivity index (χ0n) is 51.1. The lowest BCUT2D eigenvalue weighted by Gasteiger charge is -2.47. The van der Waals surface area contributed by atoms with Crippen LogP contribution in [0.4, 0.5) is 18.4 Å². The van der Waals surface area contributed by atoms with Gasteiger partial charge in [0.2, 0.25) is 5.91 Å². The van der Waals surface area contributed by atoms with Gasteiger partial charge in [0.15, 0.2) is 0 Å². The van der Waals surface area contributed by atoms with Gasteiger partial charge >= 0.3 is 12.1 Å². The molecule has 82 heavy (non-hydrogen) atoms. The molecule has 2 aliphatic carbocycles. The lowest BCUT2D eigenvalue weighted by Crippen LogP contribution is -2.59. The number of likely N-dealkylation sites (N-methyl/N-ethyl adjacent to an activating group) is 2. The van der Waals surface area contributed by atoms with Crippen molar-refractivity contribution in [3.05, 3.63) is 69.2 Å². The van der Waals surface area contributed by atoms with Crippen molar-refractivity contribution in [3.63, 3.8) is 0 Å². The van der Waals surface area contributed by atoms with Crippen LogP contribution in [0.25, 0.3) is 0 Å². The Morgan fingerprint density at radius 1 is 0.671 bits per heavy atom. The van der Waals surface area contributed by atoms with Crippen LogP contribution in [0.5, 0.6) is 0 Å². The number of nitriles is 1. The fraction of sp³-hybridized carbons (Fsp3) is 0.750. The van der Waals surface area contributed by atoms with E-state index < -0.39 is 22.8 Å². The lowest BCUT2D eigenvalue weighted by molar-refractivity contribution is -0.127. The number of carbonyl (C=O) groups excluding carboxylic acids is 3. The minimum atomic E-state index is -1.41. The van der Waals surface area contributed by atoms with E-state index in [1.165, 1.54) is 76.3 Å². The summed E-state index contributed by atoms with van der Waals surface area (Å²) in [5.74, 6) is -0.461. The van der Waals surface area contributed by atoms with E-state index in [1.807, 2.05) is 52.8 Å². The van der Waals surface area contributed by atoms with Gasteiger partial charge in [-0.3, -0.25) is 4.79 Å².